The van der Waals surface area contributed by atoms with E-state index in [1.54, 1.807) is 34.6 Å². The van der Waals surface area contributed by atoms with Crippen LogP contribution in [0.2, 0.25) is 0 Å². The number of aromatic nitrogens is 1. The fraction of sp³-hybridized carbons (Fsp3) is 0.636. The Labute approximate surface area is 122 Å². The van der Waals surface area contributed by atoms with E-state index in [0.717, 1.165) is 11.3 Å². The quantitative estimate of drug-likeness (QED) is 0.864. The molecule has 0 bridgehead atoms. The maximum absolute atomic E-state index is 12.2. The summed E-state index contributed by atoms with van der Waals surface area (Å²) in [6, 6.07) is 0. The van der Waals surface area contributed by atoms with E-state index in [1.165, 1.54) is 6.20 Å². The Balaban J connectivity index is 3.08. The predicted octanol–water partition coefficient (Wildman–Crippen LogP) is 2.01. The average Bonchev–Trinajstić information content (AvgIpc) is 2.60. The molecule has 1 amide bonds. The second kappa shape index (κ2) is 5.40. The van der Waals surface area contributed by atoms with Gasteiger partial charge in [-0.2, -0.15) is 0 Å². The molecule has 0 saturated carbocycles. The zero-order valence-electron chi connectivity index (χ0n) is 12.0. The van der Waals surface area contributed by atoms with E-state index >= 15 is 0 Å². The molecule has 9 heteroatoms. The minimum atomic E-state index is -3.43. The number of nitrogens with zero attached hydrogens (tertiary/aromatic N) is 2. The molecule has 0 fully saturated rings. The van der Waals surface area contributed by atoms with E-state index in [4.69, 9.17) is 9.88 Å². The van der Waals surface area contributed by atoms with Gasteiger partial charge in [0, 0.05) is 0 Å². The Kier molecular flexibility index (Phi) is 4.59. The summed E-state index contributed by atoms with van der Waals surface area (Å²) in [4.78, 5) is 15.5. The van der Waals surface area contributed by atoms with Crippen molar-refractivity contribution in [1.82, 2.24) is 4.98 Å². The van der Waals surface area contributed by atoms with Gasteiger partial charge in [0.2, 0.25) is 0 Å². The van der Waals surface area contributed by atoms with Crippen LogP contribution < -0.4 is 5.14 Å². The second-order valence-electron chi connectivity index (χ2n) is 5.68. The number of carbonyl (C=O) groups is 1. The molecule has 0 saturated heterocycles. The maximum Gasteiger partial charge on any atom is 0.443 e. The van der Waals surface area contributed by atoms with Crippen molar-refractivity contribution >= 4 is 27.3 Å². The number of aliphatic hydroxyl groups is 1. The van der Waals surface area contributed by atoms with Gasteiger partial charge in [-0.25, -0.2) is 19.1 Å². The average molecular weight is 321 g/mol. The minimum absolute atomic E-state index is 0.112. The lowest BCUT2D eigenvalue weighted by Gasteiger charge is -2.17. The third-order valence-electron chi connectivity index (χ3n) is 1.90. The van der Waals surface area contributed by atoms with Crippen LogP contribution >= 0.6 is 11.3 Å². The van der Waals surface area contributed by atoms with Crippen molar-refractivity contribution in [2.45, 2.75) is 50.0 Å². The number of thiazole rings is 1. The van der Waals surface area contributed by atoms with Crippen molar-refractivity contribution in [1.29, 1.82) is 0 Å². The molecule has 0 unspecified atom stereocenters. The molecule has 0 aromatic carbocycles. The topological polar surface area (TPSA) is 115 Å². The molecule has 0 aliphatic rings. The molecule has 1 rings (SSSR count). The van der Waals surface area contributed by atoms with Gasteiger partial charge in [-0.15, -0.1) is 15.7 Å². The fourth-order valence-electron chi connectivity index (χ4n) is 1.11. The van der Waals surface area contributed by atoms with Crippen molar-refractivity contribution in [3.8, 4) is 0 Å². The highest BCUT2D eigenvalue weighted by atomic mass is 32.2. The lowest BCUT2D eigenvalue weighted by Crippen LogP contribution is -2.23. The number of amides is 1. The van der Waals surface area contributed by atoms with Crippen molar-refractivity contribution in [2.24, 2.45) is 9.50 Å². The lowest BCUT2D eigenvalue weighted by atomic mass is 10.2. The first kappa shape index (κ1) is 17.0. The zero-order chi connectivity index (χ0) is 15.8. The summed E-state index contributed by atoms with van der Waals surface area (Å²) in [5.74, 6) is 0. The van der Waals surface area contributed by atoms with Crippen LogP contribution in [0.25, 0.3) is 0 Å². The molecule has 114 valence electrons. The Morgan fingerprint density at radius 3 is 2.40 bits per heavy atom. The molecule has 1 atom stereocenters. The van der Waals surface area contributed by atoms with Gasteiger partial charge >= 0.3 is 6.09 Å². The first-order valence-electron chi connectivity index (χ1n) is 5.78. The van der Waals surface area contributed by atoms with Crippen LogP contribution in [0.3, 0.4) is 0 Å². The monoisotopic (exact) mass is 321 g/mol. The smallest absolute Gasteiger partial charge is 0.442 e. The van der Waals surface area contributed by atoms with Gasteiger partial charge in [-0.3, -0.25) is 0 Å². The second-order valence-corrected chi connectivity index (χ2v) is 8.73. The van der Waals surface area contributed by atoms with Crippen LogP contribution in [0, 0.1) is 0 Å². The van der Waals surface area contributed by atoms with Gasteiger partial charge in [0.25, 0.3) is 0 Å². The SMILES string of the molecule is CC(C)(C)OC(=O)N=[S@](N)(=O)c1cnc(C(C)(C)O)s1. The minimum Gasteiger partial charge on any atom is -0.442 e. The van der Waals surface area contributed by atoms with Crippen molar-refractivity contribution in [3.05, 3.63) is 11.2 Å². The van der Waals surface area contributed by atoms with Gasteiger partial charge < -0.3 is 9.84 Å². The van der Waals surface area contributed by atoms with E-state index in [-0.39, 0.29) is 4.21 Å². The predicted molar refractivity (Wildman–Crippen MR) is 76.6 cm³/mol. The van der Waals surface area contributed by atoms with E-state index in [9.17, 15) is 14.1 Å². The van der Waals surface area contributed by atoms with Crippen molar-refractivity contribution < 1.29 is 18.8 Å². The summed E-state index contributed by atoms with van der Waals surface area (Å²) in [5, 5.41) is 15.7. The summed E-state index contributed by atoms with van der Waals surface area (Å²) >= 11 is 0.944. The molecule has 3 N–H and O–H groups in total. The van der Waals surface area contributed by atoms with E-state index in [2.05, 4.69) is 9.35 Å². The van der Waals surface area contributed by atoms with E-state index < -0.39 is 27.2 Å². The number of nitrogens with two attached hydrogens (primary N) is 1. The third kappa shape index (κ3) is 4.82. The van der Waals surface area contributed by atoms with E-state index in [1.807, 2.05) is 0 Å². The van der Waals surface area contributed by atoms with Crippen LogP contribution in [-0.4, -0.2) is 26.0 Å². The van der Waals surface area contributed by atoms with Crippen LogP contribution in [0.15, 0.2) is 14.8 Å². The number of carbonyl (C=O) groups excluding carboxylic acids is 1. The first-order valence-corrected chi connectivity index (χ1v) is 8.17. The van der Waals surface area contributed by atoms with Crippen LogP contribution in [0.4, 0.5) is 4.79 Å². The molecule has 7 nitrogen and oxygen atoms in total. The Morgan fingerprint density at radius 2 is 2.00 bits per heavy atom. The molecule has 0 aliphatic carbocycles. The largest absolute Gasteiger partial charge is 0.443 e. The maximum atomic E-state index is 12.2. The Morgan fingerprint density at radius 1 is 1.45 bits per heavy atom. The summed E-state index contributed by atoms with van der Waals surface area (Å²) in [7, 11) is -3.43. The van der Waals surface area contributed by atoms with Crippen LogP contribution in [-0.2, 0) is 20.3 Å². The standard InChI is InChI=1S/C11H19N3O4S2/c1-10(2,3)18-9(15)14-20(12,17)7-6-13-8(19-7)11(4,5)16/h6,16H,1-5H3,(H2,12,14,15,17)/t20-/m0/s1. The highest BCUT2D eigenvalue weighted by molar-refractivity contribution is 7.93. The van der Waals surface area contributed by atoms with Crippen LogP contribution in [0.1, 0.15) is 39.6 Å². The molecule has 0 aliphatic heterocycles. The van der Waals surface area contributed by atoms with Gasteiger partial charge in [0.15, 0.2) is 9.92 Å². The van der Waals surface area contributed by atoms with Gasteiger partial charge in [-0.1, -0.05) is 0 Å². The van der Waals surface area contributed by atoms with E-state index in [0.29, 0.717) is 5.01 Å². The lowest BCUT2D eigenvalue weighted by molar-refractivity contribution is 0.0607. The number of hydrogen-bond donors (Lipinski definition) is 2. The van der Waals surface area contributed by atoms with Crippen LogP contribution in [0.5, 0.6) is 0 Å². The molecule has 1 aromatic heterocycles. The Hall–Kier alpha value is -1.03. The van der Waals surface area contributed by atoms with Gasteiger partial charge in [0.05, 0.1) is 6.20 Å². The molecule has 0 spiro atoms. The van der Waals surface area contributed by atoms with Gasteiger partial charge in [-0.05, 0) is 34.6 Å². The van der Waals surface area contributed by atoms with Crippen molar-refractivity contribution in [2.75, 3.05) is 0 Å². The van der Waals surface area contributed by atoms with Gasteiger partial charge in [0.1, 0.15) is 20.4 Å². The third-order valence-corrected chi connectivity index (χ3v) is 5.07. The molecule has 1 heterocycles. The number of hydrogen-bond acceptors (Lipinski definition) is 6. The Bertz CT molecular complexity index is 616. The fourth-order valence-corrected chi connectivity index (χ4v) is 3.14. The molecule has 1 aromatic rings. The highest BCUT2D eigenvalue weighted by Gasteiger charge is 2.24. The molecule has 20 heavy (non-hydrogen) atoms. The first-order chi connectivity index (χ1) is 8.81. The summed E-state index contributed by atoms with van der Waals surface area (Å²) in [5.41, 5.74) is -1.92. The summed E-state index contributed by atoms with van der Waals surface area (Å²) < 4.78 is 20.7. The molecular formula is C11H19N3O4S2. The summed E-state index contributed by atoms with van der Waals surface area (Å²) in [6.07, 6.45) is 0.247. The van der Waals surface area contributed by atoms with Crippen molar-refractivity contribution in [3.63, 3.8) is 0 Å². The normalized spacial score (nSPS) is 15.6. The summed E-state index contributed by atoms with van der Waals surface area (Å²) in [6.45, 7) is 8.07. The number of rotatable bonds is 2. The number of ether oxygens (including phenoxy) is 1. The molecular weight excluding hydrogens is 302 g/mol. The zero-order valence-corrected chi connectivity index (χ0v) is 13.7. The molecule has 0 radical (unpaired) electrons. The highest BCUT2D eigenvalue weighted by Crippen LogP contribution is 2.27.